The van der Waals surface area contributed by atoms with Gasteiger partial charge in [0.2, 0.25) is 5.16 Å². The van der Waals surface area contributed by atoms with E-state index in [-0.39, 0.29) is 0 Å². The van der Waals surface area contributed by atoms with E-state index in [2.05, 4.69) is 21.2 Å². The average Bonchev–Trinajstić information content (AvgIpc) is 3.10. The Labute approximate surface area is 145 Å². The molecule has 6 heteroatoms. The van der Waals surface area contributed by atoms with E-state index in [1.807, 2.05) is 49.4 Å². The van der Waals surface area contributed by atoms with Crippen molar-refractivity contribution in [1.82, 2.24) is 15.2 Å². The molecule has 0 aliphatic carbocycles. The number of nitrogens with zero attached hydrogens (tertiary/aromatic N) is 2. The lowest BCUT2D eigenvalue weighted by Crippen LogP contribution is -1.95. The Morgan fingerprint density at radius 2 is 1.88 bits per heavy atom. The van der Waals surface area contributed by atoms with Crippen LogP contribution < -0.4 is 9.47 Å². The zero-order chi connectivity index (χ0) is 16.8. The summed E-state index contributed by atoms with van der Waals surface area (Å²) in [5.41, 5.74) is 2.12. The summed E-state index contributed by atoms with van der Waals surface area (Å²) in [7, 11) is 1.65. The molecule has 0 spiro atoms. The first kappa shape index (κ1) is 16.4. The molecule has 0 atom stereocenters. The molecule has 0 bridgehead atoms. The van der Waals surface area contributed by atoms with Crippen LogP contribution >= 0.6 is 11.8 Å². The molecular formula is C18H19N3O2S. The summed E-state index contributed by atoms with van der Waals surface area (Å²) >= 11 is 1.58. The summed E-state index contributed by atoms with van der Waals surface area (Å²) < 4.78 is 10.8. The molecule has 1 heterocycles. The van der Waals surface area contributed by atoms with Crippen molar-refractivity contribution >= 4 is 11.8 Å². The summed E-state index contributed by atoms with van der Waals surface area (Å²) in [4.78, 5) is 4.54. The molecule has 3 aromatic rings. The highest BCUT2D eigenvalue weighted by molar-refractivity contribution is 7.98. The predicted octanol–water partition coefficient (Wildman–Crippen LogP) is 4.17. The first-order valence-corrected chi connectivity index (χ1v) is 8.69. The zero-order valence-corrected chi connectivity index (χ0v) is 14.5. The number of aromatic nitrogens is 3. The fourth-order valence-corrected chi connectivity index (χ4v) is 3.04. The second-order valence-electron chi connectivity index (χ2n) is 5.02. The maximum atomic E-state index is 5.65. The Morgan fingerprint density at radius 1 is 1.08 bits per heavy atom. The van der Waals surface area contributed by atoms with E-state index >= 15 is 0 Å². The number of ether oxygens (including phenoxy) is 2. The van der Waals surface area contributed by atoms with Crippen LogP contribution in [0.4, 0.5) is 0 Å². The van der Waals surface area contributed by atoms with Crippen molar-refractivity contribution in [2.75, 3.05) is 13.7 Å². The molecule has 3 rings (SSSR count). The molecule has 24 heavy (non-hydrogen) atoms. The summed E-state index contributed by atoms with van der Waals surface area (Å²) in [6, 6.07) is 15.8. The van der Waals surface area contributed by atoms with Crippen LogP contribution in [0.15, 0.2) is 53.7 Å². The van der Waals surface area contributed by atoms with Crippen molar-refractivity contribution < 1.29 is 9.47 Å². The van der Waals surface area contributed by atoms with E-state index in [9.17, 15) is 0 Å². The van der Waals surface area contributed by atoms with Gasteiger partial charge in [0.15, 0.2) is 5.82 Å². The van der Waals surface area contributed by atoms with Gasteiger partial charge in [-0.05, 0) is 37.3 Å². The van der Waals surface area contributed by atoms with Gasteiger partial charge in [0.1, 0.15) is 11.5 Å². The molecule has 0 aliphatic heterocycles. The van der Waals surface area contributed by atoms with Gasteiger partial charge in [0.05, 0.1) is 13.7 Å². The van der Waals surface area contributed by atoms with Crippen molar-refractivity contribution in [2.24, 2.45) is 0 Å². The topological polar surface area (TPSA) is 60.0 Å². The maximum absolute atomic E-state index is 5.65. The molecule has 0 aliphatic rings. The predicted molar refractivity (Wildman–Crippen MR) is 95.5 cm³/mol. The minimum Gasteiger partial charge on any atom is -0.497 e. The van der Waals surface area contributed by atoms with Crippen LogP contribution in [0, 0.1) is 0 Å². The average molecular weight is 341 g/mol. The lowest BCUT2D eigenvalue weighted by molar-refractivity contribution is 0.337. The lowest BCUT2D eigenvalue weighted by atomic mass is 10.2. The third-order valence-electron chi connectivity index (χ3n) is 3.46. The summed E-state index contributed by atoms with van der Waals surface area (Å²) in [6.45, 7) is 2.64. The van der Waals surface area contributed by atoms with Gasteiger partial charge in [-0.1, -0.05) is 30.0 Å². The third kappa shape index (κ3) is 3.89. The van der Waals surface area contributed by atoms with Crippen LogP contribution in [0.2, 0.25) is 0 Å². The monoisotopic (exact) mass is 341 g/mol. The molecule has 5 nitrogen and oxygen atoms in total. The zero-order valence-electron chi connectivity index (χ0n) is 13.7. The highest BCUT2D eigenvalue weighted by Gasteiger charge is 2.09. The number of thioether (sulfide) groups is 1. The van der Waals surface area contributed by atoms with Crippen molar-refractivity contribution in [2.45, 2.75) is 17.8 Å². The Morgan fingerprint density at radius 3 is 2.62 bits per heavy atom. The van der Waals surface area contributed by atoms with Crippen molar-refractivity contribution in [3.63, 3.8) is 0 Å². The van der Waals surface area contributed by atoms with Crippen LogP contribution in [0.25, 0.3) is 11.4 Å². The number of rotatable bonds is 7. The van der Waals surface area contributed by atoms with Gasteiger partial charge in [-0.2, -0.15) is 0 Å². The number of benzene rings is 2. The second-order valence-corrected chi connectivity index (χ2v) is 5.97. The molecule has 0 saturated carbocycles. The van der Waals surface area contributed by atoms with Gasteiger partial charge in [0.25, 0.3) is 0 Å². The van der Waals surface area contributed by atoms with Gasteiger partial charge >= 0.3 is 0 Å². The fraction of sp³-hybridized carbons (Fsp3) is 0.222. The Hall–Kier alpha value is -2.47. The first-order chi connectivity index (χ1) is 11.8. The van der Waals surface area contributed by atoms with Gasteiger partial charge in [-0.25, -0.2) is 4.98 Å². The Balaban J connectivity index is 1.68. The van der Waals surface area contributed by atoms with Crippen molar-refractivity contribution in [3.05, 3.63) is 54.1 Å². The van der Waals surface area contributed by atoms with E-state index in [1.165, 1.54) is 0 Å². The normalized spacial score (nSPS) is 10.6. The molecule has 1 N–H and O–H groups in total. The lowest BCUT2D eigenvalue weighted by Gasteiger charge is -2.08. The molecule has 0 radical (unpaired) electrons. The fourth-order valence-electron chi connectivity index (χ4n) is 2.25. The van der Waals surface area contributed by atoms with Crippen LogP contribution in [0.5, 0.6) is 11.5 Å². The number of hydrogen-bond donors (Lipinski definition) is 1. The molecule has 2 aromatic carbocycles. The molecular weight excluding hydrogens is 322 g/mol. The smallest absolute Gasteiger partial charge is 0.209 e. The van der Waals surface area contributed by atoms with E-state index in [0.29, 0.717) is 11.8 Å². The van der Waals surface area contributed by atoms with E-state index < -0.39 is 0 Å². The molecule has 0 unspecified atom stereocenters. The number of nitrogens with one attached hydrogen (secondary N) is 1. The van der Waals surface area contributed by atoms with Crippen LogP contribution in [0.1, 0.15) is 12.5 Å². The van der Waals surface area contributed by atoms with Crippen LogP contribution in [0.3, 0.4) is 0 Å². The number of para-hydroxylation sites is 1. The van der Waals surface area contributed by atoms with Gasteiger partial charge < -0.3 is 9.47 Å². The van der Waals surface area contributed by atoms with Gasteiger partial charge in [-0.15, -0.1) is 5.10 Å². The SMILES string of the molecule is CCOc1ccccc1CSc1n[nH]c(-c2ccc(OC)cc2)n1. The quantitative estimate of drug-likeness (QED) is 0.654. The minimum atomic E-state index is 0.657. The molecule has 124 valence electrons. The second kappa shape index (κ2) is 7.88. The van der Waals surface area contributed by atoms with E-state index in [1.54, 1.807) is 18.9 Å². The number of hydrogen-bond acceptors (Lipinski definition) is 5. The Bertz CT molecular complexity index is 787. The highest BCUT2D eigenvalue weighted by atomic mass is 32.2. The van der Waals surface area contributed by atoms with Crippen LogP contribution in [-0.4, -0.2) is 28.9 Å². The maximum Gasteiger partial charge on any atom is 0.209 e. The Kier molecular flexibility index (Phi) is 5.38. The number of H-pyrrole nitrogens is 1. The van der Waals surface area contributed by atoms with Crippen molar-refractivity contribution in [1.29, 1.82) is 0 Å². The molecule has 1 aromatic heterocycles. The summed E-state index contributed by atoms with van der Waals surface area (Å²) in [5, 5.41) is 7.98. The van der Waals surface area contributed by atoms with E-state index in [0.717, 1.165) is 34.2 Å². The first-order valence-electron chi connectivity index (χ1n) is 7.70. The van der Waals surface area contributed by atoms with E-state index in [4.69, 9.17) is 9.47 Å². The largest absolute Gasteiger partial charge is 0.497 e. The molecule has 0 fully saturated rings. The minimum absolute atomic E-state index is 0.657. The van der Waals surface area contributed by atoms with Gasteiger partial charge in [-0.3, -0.25) is 5.10 Å². The summed E-state index contributed by atoms with van der Waals surface area (Å²) in [6.07, 6.45) is 0. The molecule has 0 amide bonds. The third-order valence-corrected chi connectivity index (χ3v) is 4.35. The number of methoxy groups -OCH3 is 1. The number of aromatic amines is 1. The van der Waals surface area contributed by atoms with Gasteiger partial charge in [0, 0.05) is 16.9 Å². The standard InChI is InChI=1S/C18H19N3O2S/c1-3-23-16-7-5-4-6-14(16)12-24-18-19-17(20-21-18)13-8-10-15(22-2)11-9-13/h4-11H,3,12H2,1-2H3,(H,19,20,21). The van der Waals surface area contributed by atoms with Crippen LogP contribution in [-0.2, 0) is 5.75 Å². The van der Waals surface area contributed by atoms with Crippen molar-refractivity contribution in [3.8, 4) is 22.9 Å². The highest BCUT2D eigenvalue weighted by Crippen LogP contribution is 2.27. The summed E-state index contributed by atoms with van der Waals surface area (Å²) in [5.74, 6) is 3.24. The molecule has 0 saturated heterocycles.